The maximum absolute atomic E-state index is 5.59. The SMILES string of the molecule is CC(C)c1nnc(C2CSCCN2)o1. The van der Waals surface area contributed by atoms with Gasteiger partial charge in [-0.05, 0) is 0 Å². The topological polar surface area (TPSA) is 51.0 Å². The van der Waals surface area contributed by atoms with Gasteiger partial charge in [-0.1, -0.05) is 13.8 Å². The molecule has 0 spiro atoms. The molecule has 1 aliphatic rings. The Balaban J connectivity index is 2.07. The Bertz CT molecular complexity index is 294. The van der Waals surface area contributed by atoms with Gasteiger partial charge in [0.15, 0.2) is 0 Å². The van der Waals surface area contributed by atoms with Gasteiger partial charge in [-0.2, -0.15) is 11.8 Å². The number of hydrogen-bond donors (Lipinski definition) is 1. The third-order valence-electron chi connectivity index (χ3n) is 2.17. The molecule has 0 aromatic carbocycles. The second-order valence-corrected chi connectivity index (χ2v) is 4.86. The molecule has 5 heteroatoms. The van der Waals surface area contributed by atoms with Gasteiger partial charge in [0, 0.05) is 24.0 Å². The van der Waals surface area contributed by atoms with E-state index in [0.29, 0.717) is 5.92 Å². The summed E-state index contributed by atoms with van der Waals surface area (Å²) in [5.74, 6) is 3.98. The van der Waals surface area contributed by atoms with Crippen molar-refractivity contribution < 1.29 is 4.42 Å². The summed E-state index contributed by atoms with van der Waals surface area (Å²) >= 11 is 1.93. The molecule has 2 heterocycles. The fourth-order valence-electron chi connectivity index (χ4n) is 1.34. The quantitative estimate of drug-likeness (QED) is 0.808. The molecule has 0 saturated carbocycles. The highest BCUT2D eigenvalue weighted by Gasteiger charge is 2.21. The normalized spacial score (nSPS) is 22.9. The fraction of sp³-hybridized carbons (Fsp3) is 0.778. The molecule has 4 nitrogen and oxygen atoms in total. The Morgan fingerprint density at radius 1 is 1.50 bits per heavy atom. The largest absolute Gasteiger partial charge is 0.423 e. The third kappa shape index (κ3) is 2.09. The van der Waals surface area contributed by atoms with Crippen LogP contribution in [0.4, 0.5) is 0 Å². The van der Waals surface area contributed by atoms with Crippen LogP contribution < -0.4 is 5.32 Å². The van der Waals surface area contributed by atoms with Crippen molar-refractivity contribution in [3.63, 3.8) is 0 Å². The number of hydrogen-bond acceptors (Lipinski definition) is 5. The van der Waals surface area contributed by atoms with E-state index >= 15 is 0 Å². The number of nitrogens with one attached hydrogen (secondary N) is 1. The predicted octanol–water partition coefficient (Wildman–Crippen LogP) is 1.57. The number of aromatic nitrogens is 2. The van der Waals surface area contributed by atoms with E-state index < -0.39 is 0 Å². The van der Waals surface area contributed by atoms with Crippen LogP contribution in [0.5, 0.6) is 0 Å². The Morgan fingerprint density at radius 2 is 2.36 bits per heavy atom. The first-order valence-electron chi connectivity index (χ1n) is 4.92. The van der Waals surface area contributed by atoms with Gasteiger partial charge in [0.25, 0.3) is 0 Å². The van der Waals surface area contributed by atoms with Gasteiger partial charge in [-0.25, -0.2) is 0 Å². The predicted molar refractivity (Wildman–Crippen MR) is 56.5 cm³/mol. The lowest BCUT2D eigenvalue weighted by molar-refractivity contribution is 0.387. The molecule has 1 aromatic rings. The van der Waals surface area contributed by atoms with Gasteiger partial charge in [0.05, 0.1) is 6.04 Å². The van der Waals surface area contributed by atoms with E-state index in [1.165, 1.54) is 5.75 Å². The van der Waals surface area contributed by atoms with E-state index in [9.17, 15) is 0 Å². The van der Waals surface area contributed by atoms with Crippen LogP contribution in [-0.4, -0.2) is 28.2 Å². The Labute approximate surface area is 87.9 Å². The summed E-state index contributed by atoms with van der Waals surface area (Å²) in [4.78, 5) is 0. The van der Waals surface area contributed by atoms with Crippen LogP contribution in [-0.2, 0) is 0 Å². The molecular formula is C9H15N3OS. The van der Waals surface area contributed by atoms with Crippen LogP contribution >= 0.6 is 11.8 Å². The fourth-order valence-corrected chi connectivity index (χ4v) is 2.27. The van der Waals surface area contributed by atoms with Gasteiger partial charge in [-0.15, -0.1) is 10.2 Å². The number of thioether (sulfide) groups is 1. The van der Waals surface area contributed by atoms with Crippen molar-refractivity contribution in [2.24, 2.45) is 0 Å². The van der Waals surface area contributed by atoms with Crippen molar-refractivity contribution in [1.29, 1.82) is 0 Å². The van der Waals surface area contributed by atoms with E-state index in [1.807, 2.05) is 11.8 Å². The highest BCUT2D eigenvalue weighted by atomic mass is 32.2. The smallest absolute Gasteiger partial charge is 0.234 e. The van der Waals surface area contributed by atoms with Crippen LogP contribution in [0.15, 0.2) is 4.42 Å². The second-order valence-electron chi connectivity index (χ2n) is 3.71. The summed E-state index contributed by atoms with van der Waals surface area (Å²) in [6, 6.07) is 0.244. The van der Waals surface area contributed by atoms with Crippen molar-refractivity contribution in [3.05, 3.63) is 11.8 Å². The molecular weight excluding hydrogens is 198 g/mol. The molecule has 1 N–H and O–H groups in total. The minimum Gasteiger partial charge on any atom is -0.423 e. The maximum atomic E-state index is 5.59. The minimum absolute atomic E-state index is 0.244. The molecule has 0 radical (unpaired) electrons. The van der Waals surface area contributed by atoms with Crippen LogP contribution in [0, 0.1) is 0 Å². The lowest BCUT2D eigenvalue weighted by atomic mass is 10.2. The van der Waals surface area contributed by atoms with Crippen molar-refractivity contribution in [1.82, 2.24) is 15.5 Å². The van der Waals surface area contributed by atoms with E-state index in [4.69, 9.17) is 4.42 Å². The molecule has 14 heavy (non-hydrogen) atoms. The summed E-state index contributed by atoms with van der Waals surface area (Å²) in [5, 5.41) is 11.5. The van der Waals surface area contributed by atoms with Gasteiger partial charge in [0.1, 0.15) is 0 Å². The zero-order chi connectivity index (χ0) is 9.97. The van der Waals surface area contributed by atoms with Crippen molar-refractivity contribution >= 4 is 11.8 Å². The van der Waals surface area contributed by atoms with Gasteiger partial charge in [-0.3, -0.25) is 0 Å². The first-order valence-corrected chi connectivity index (χ1v) is 6.07. The third-order valence-corrected chi connectivity index (χ3v) is 3.23. The van der Waals surface area contributed by atoms with Gasteiger partial charge in [0.2, 0.25) is 11.8 Å². The van der Waals surface area contributed by atoms with E-state index in [2.05, 4.69) is 29.4 Å². The van der Waals surface area contributed by atoms with Crippen LogP contribution in [0.2, 0.25) is 0 Å². The molecule has 1 aromatic heterocycles. The highest BCUT2D eigenvalue weighted by molar-refractivity contribution is 7.99. The summed E-state index contributed by atoms with van der Waals surface area (Å²) < 4.78 is 5.59. The Kier molecular flexibility index (Phi) is 3.08. The molecule has 2 rings (SSSR count). The Hall–Kier alpha value is -0.550. The lowest BCUT2D eigenvalue weighted by Gasteiger charge is -2.19. The molecule has 0 amide bonds. The van der Waals surface area contributed by atoms with E-state index in [1.54, 1.807) is 0 Å². The zero-order valence-corrected chi connectivity index (χ0v) is 9.30. The van der Waals surface area contributed by atoms with E-state index in [0.717, 1.165) is 24.1 Å². The standard InChI is InChI=1S/C9H15N3OS/c1-6(2)8-11-12-9(13-8)7-5-14-4-3-10-7/h6-7,10H,3-5H2,1-2H3. The van der Waals surface area contributed by atoms with Crippen LogP contribution in [0.1, 0.15) is 37.6 Å². The minimum atomic E-state index is 0.244. The molecule has 1 atom stereocenters. The van der Waals surface area contributed by atoms with Gasteiger partial charge < -0.3 is 9.73 Å². The summed E-state index contributed by atoms with van der Waals surface area (Å²) in [6.45, 7) is 5.13. The molecule has 1 unspecified atom stereocenters. The van der Waals surface area contributed by atoms with Crippen molar-refractivity contribution in [2.75, 3.05) is 18.1 Å². The summed E-state index contributed by atoms with van der Waals surface area (Å²) in [7, 11) is 0. The van der Waals surface area contributed by atoms with E-state index in [-0.39, 0.29) is 6.04 Å². The van der Waals surface area contributed by atoms with Crippen molar-refractivity contribution in [3.8, 4) is 0 Å². The van der Waals surface area contributed by atoms with Crippen LogP contribution in [0.3, 0.4) is 0 Å². The number of nitrogens with zero attached hydrogens (tertiary/aromatic N) is 2. The molecule has 1 fully saturated rings. The molecule has 0 aliphatic carbocycles. The average molecular weight is 213 g/mol. The molecule has 0 bridgehead atoms. The summed E-state index contributed by atoms with van der Waals surface area (Å²) in [6.07, 6.45) is 0. The first kappa shape index (κ1) is 9.98. The summed E-state index contributed by atoms with van der Waals surface area (Å²) in [5.41, 5.74) is 0. The maximum Gasteiger partial charge on any atom is 0.234 e. The highest BCUT2D eigenvalue weighted by Crippen LogP contribution is 2.22. The lowest BCUT2D eigenvalue weighted by Crippen LogP contribution is -2.30. The second kappa shape index (κ2) is 4.31. The monoisotopic (exact) mass is 213 g/mol. The van der Waals surface area contributed by atoms with Gasteiger partial charge >= 0.3 is 0 Å². The zero-order valence-electron chi connectivity index (χ0n) is 8.49. The molecule has 1 saturated heterocycles. The van der Waals surface area contributed by atoms with Crippen molar-refractivity contribution in [2.45, 2.75) is 25.8 Å². The Morgan fingerprint density at radius 3 is 2.93 bits per heavy atom. The average Bonchev–Trinajstić information content (AvgIpc) is 2.68. The molecule has 1 aliphatic heterocycles. The number of rotatable bonds is 2. The van der Waals surface area contributed by atoms with Crippen LogP contribution in [0.25, 0.3) is 0 Å². The first-order chi connectivity index (χ1) is 6.77. The molecule has 78 valence electrons.